The van der Waals surface area contributed by atoms with Gasteiger partial charge in [0, 0.05) is 13.2 Å². The molecular formula is C12H20N4O3S. The Morgan fingerprint density at radius 1 is 1.40 bits per heavy atom. The molecule has 2 aliphatic heterocycles. The molecule has 0 spiro atoms. The maximum absolute atomic E-state index is 11.9. The largest absolute Gasteiger partial charge is 0.357 e. The maximum Gasteiger partial charge on any atom is 0.232 e. The summed E-state index contributed by atoms with van der Waals surface area (Å²) in [5.74, 6) is 0. The molecule has 2 N–H and O–H groups in total. The predicted octanol–water partition coefficient (Wildman–Crippen LogP) is 0.752. The molecule has 1 fully saturated rings. The number of rotatable bonds is 2. The van der Waals surface area contributed by atoms with Gasteiger partial charge in [0.2, 0.25) is 10.0 Å². The lowest BCUT2D eigenvalue weighted by atomic mass is 10.1. The average molecular weight is 300 g/mol. The summed E-state index contributed by atoms with van der Waals surface area (Å²) in [5, 5.41) is 4.34. The van der Waals surface area contributed by atoms with Gasteiger partial charge >= 0.3 is 0 Å². The van der Waals surface area contributed by atoms with Crippen molar-refractivity contribution >= 4 is 15.7 Å². The zero-order chi connectivity index (χ0) is 14.3. The minimum absolute atomic E-state index is 0.127. The second-order valence-electron chi connectivity index (χ2n) is 5.41. The number of anilines is 1. The summed E-state index contributed by atoms with van der Waals surface area (Å²) in [4.78, 5) is 0. The van der Waals surface area contributed by atoms with Crippen LogP contribution < -0.4 is 10.0 Å². The van der Waals surface area contributed by atoms with Gasteiger partial charge in [-0.2, -0.15) is 5.10 Å². The van der Waals surface area contributed by atoms with Gasteiger partial charge < -0.3 is 10.5 Å². The van der Waals surface area contributed by atoms with E-state index in [1.165, 1.54) is 10.6 Å². The van der Waals surface area contributed by atoms with Crippen molar-refractivity contribution in [1.82, 2.24) is 9.78 Å². The minimum atomic E-state index is -3.30. The molecule has 0 saturated carbocycles. The fraction of sp³-hybridized carbons (Fsp3) is 0.750. The first-order valence-electron chi connectivity index (χ1n) is 6.91. The molecule has 2 atom stereocenters. The highest BCUT2D eigenvalue weighted by Crippen LogP contribution is 2.37. The Balaban J connectivity index is 2.01. The molecular weight excluding hydrogens is 280 g/mol. The number of nitrogens with two attached hydrogens (primary N) is 1. The van der Waals surface area contributed by atoms with Crippen molar-refractivity contribution in [2.45, 2.75) is 38.0 Å². The summed E-state index contributed by atoms with van der Waals surface area (Å²) in [5.41, 5.74) is 7.54. The zero-order valence-electron chi connectivity index (χ0n) is 11.5. The predicted molar refractivity (Wildman–Crippen MR) is 74.8 cm³/mol. The summed E-state index contributed by atoms with van der Waals surface area (Å²) in [7, 11) is -3.30. The maximum atomic E-state index is 11.9. The lowest BCUT2D eigenvalue weighted by Crippen LogP contribution is -2.38. The Morgan fingerprint density at radius 3 is 2.85 bits per heavy atom. The summed E-state index contributed by atoms with van der Waals surface area (Å²) in [6.07, 6.45) is 6.30. The minimum Gasteiger partial charge on any atom is -0.357 e. The van der Waals surface area contributed by atoms with E-state index >= 15 is 0 Å². The third-order valence-electron chi connectivity index (χ3n) is 3.91. The van der Waals surface area contributed by atoms with E-state index in [-0.39, 0.29) is 12.3 Å². The molecule has 20 heavy (non-hydrogen) atoms. The van der Waals surface area contributed by atoms with Crippen LogP contribution in [0.2, 0.25) is 0 Å². The van der Waals surface area contributed by atoms with Crippen LogP contribution in [0.5, 0.6) is 0 Å². The van der Waals surface area contributed by atoms with E-state index in [2.05, 4.69) is 5.10 Å². The van der Waals surface area contributed by atoms with E-state index in [0.29, 0.717) is 25.3 Å². The van der Waals surface area contributed by atoms with E-state index in [9.17, 15) is 8.42 Å². The number of fused-ring (bicyclic) bond motifs is 1. The van der Waals surface area contributed by atoms with Crippen LogP contribution in [0.25, 0.3) is 0 Å². The molecule has 1 aromatic heterocycles. The van der Waals surface area contributed by atoms with E-state index in [1.54, 1.807) is 10.9 Å². The van der Waals surface area contributed by atoms with Crippen molar-refractivity contribution in [3.8, 4) is 0 Å². The Labute approximate surface area is 118 Å². The van der Waals surface area contributed by atoms with Crippen molar-refractivity contribution < 1.29 is 13.2 Å². The number of nitrogens with zero attached hydrogens (tertiary/aromatic N) is 3. The molecule has 0 aromatic carbocycles. The van der Waals surface area contributed by atoms with E-state index in [4.69, 9.17) is 10.5 Å². The van der Waals surface area contributed by atoms with Gasteiger partial charge in [-0.1, -0.05) is 0 Å². The number of hydrogen-bond donors (Lipinski definition) is 1. The van der Waals surface area contributed by atoms with Gasteiger partial charge in [-0.3, -0.25) is 4.31 Å². The molecule has 3 heterocycles. The number of hydrogen-bond acceptors (Lipinski definition) is 5. The Morgan fingerprint density at radius 2 is 2.20 bits per heavy atom. The van der Waals surface area contributed by atoms with Gasteiger partial charge in [0.05, 0.1) is 29.9 Å². The monoisotopic (exact) mass is 300 g/mol. The van der Waals surface area contributed by atoms with Crippen LogP contribution in [0.4, 0.5) is 5.69 Å². The topological polar surface area (TPSA) is 90.5 Å². The SMILES string of the molecule is CS(=O)(=O)N1CCC(N)c2c1cnn2C1CCCCO1. The number of ether oxygens (including phenoxy) is 1. The molecule has 1 aromatic rings. The third kappa shape index (κ3) is 2.32. The van der Waals surface area contributed by atoms with Gasteiger partial charge in [-0.15, -0.1) is 0 Å². The van der Waals surface area contributed by atoms with E-state index < -0.39 is 10.0 Å². The van der Waals surface area contributed by atoms with Crippen LogP contribution in [0.15, 0.2) is 6.20 Å². The molecule has 0 radical (unpaired) electrons. The Kier molecular flexibility index (Phi) is 3.47. The lowest BCUT2D eigenvalue weighted by molar-refractivity contribution is -0.0417. The fourth-order valence-electron chi connectivity index (χ4n) is 2.92. The smallest absolute Gasteiger partial charge is 0.232 e. The van der Waals surface area contributed by atoms with Gasteiger partial charge in [0.25, 0.3) is 0 Å². The molecule has 7 nitrogen and oxygen atoms in total. The molecule has 112 valence electrons. The Bertz CT molecular complexity index is 592. The van der Waals surface area contributed by atoms with Crippen LogP contribution in [0.3, 0.4) is 0 Å². The first-order valence-corrected chi connectivity index (χ1v) is 8.75. The van der Waals surface area contributed by atoms with Crippen LogP contribution in [-0.2, 0) is 14.8 Å². The Hall–Kier alpha value is -1.12. The molecule has 3 rings (SSSR count). The van der Waals surface area contributed by atoms with Crippen LogP contribution in [-0.4, -0.2) is 37.6 Å². The summed E-state index contributed by atoms with van der Waals surface area (Å²) < 4.78 is 32.6. The first kappa shape index (κ1) is 13.8. The molecule has 8 heteroatoms. The number of sulfonamides is 1. The van der Waals surface area contributed by atoms with Gasteiger partial charge in [0.1, 0.15) is 0 Å². The van der Waals surface area contributed by atoms with Gasteiger partial charge in [-0.05, 0) is 25.7 Å². The van der Waals surface area contributed by atoms with Crippen molar-refractivity contribution in [3.05, 3.63) is 11.9 Å². The average Bonchev–Trinajstić information content (AvgIpc) is 2.84. The fourth-order valence-corrected chi connectivity index (χ4v) is 3.85. The molecule has 1 saturated heterocycles. The van der Waals surface area contributed by atoms with E-state index in [1.807, 2.05) is 0 Å². The summed E-state index contributed by atoms with van der Waals surface area (Å²) in [6.45, 7) is 1.12. The molecule has 2 aliphatic rings. The molecule has 0 amide bonds. The third-order valence-corrected chi connectivity index (χ3v) is 5.09. The highest BCUT2D eigenvalue weighted by molar-refractivity contribution is 7.92. The quantitative estimate of drug-likeness (QED) is 0.870. The van der Waals surface area contributed by atoms with Crippen LogP contribution >= 0.6 is 0 Å². The lowest BCUT2D eigenvalue weighted by Gasteiger charge is -2.32. The van der Waals surface area contributed by atoms with Gasteiger partial charge in [0.15, 0.2) is 6.23 Å². The summed E-state index contributed by atoms with van der Waals surface area (Å²) in [6, 6.07) is -0.198. The molecule has 0 aliphatic carbocycles. The van der Waals surface area contributed by atoms with Crippen molar-refractivity contribution in [3.63, 3.8) is 0 Å². The highest BCUT2D eigenvalue weighted by Gasteiger charge is 2.34. The second-order valence-corrected chi connectivity index (χ2v) is 7.32. The van der Waals surface area contributed by atoms with Crippen molar-refractivity contribution in [2.24, 2.45) is 5.73 Å². The zero-order valence-corrected chi connectivity index (χ0v) is 12.3. The van der Waals surface area contributed by atoms with E-state index in [0.717, 1.165) is 25.0 Å². The van der Waals surface area contributed by atoms with Crippen LogP contribution in [0, 0.1) is 0 Å². The number of aromatic nitrogens is 2. The van der Waals surface area contributed by atoms with Crippen LogP contribution in [0.1, 0.15) is 43.6 Å². The molecule has 2 unspecified atom stereocenters. The second kappa shape index (κ2) is 5.01. The highest BCUT2D eigenvalue weighted by atomic mass is 32.2. The normalized spacial score (nSPS) is 27.4. The molecule has 0 bridgehead atoms. The van der Waals surface area contributed by atoms with Gasteiger partial charge in [-0.25, -0.2) is 13.1 Å². The van der Waals surface area contributed by atoms with Crippen molar-refractivity contribution in [1.29, 1.82) is 0 Å². The van der Waals surface area contributed by atoms with Crippen molar-refractivity contribution in [2.75, 3.05) is 23.7 Å². The summed E-state index contributed by atoms with van der Waals surface area (Å²) >= 11 is 0. The first-order chi connectivity index (χ1) is 9.48. The standard InChI is InChI=1S/C12H20N4O3S/c1-20(17,18)15-6-5-9(13)12-10(15)8-14-16(12)11-4-2-3-7-19-11/h8-9,11H,2-7,13H2,1H3.